The van der Waals surface area contributed by atoms with E-state index >= 15 is 0 Å². The highest BCUT2D eigenvalue weighted by atomic mass is 15.1. The molecular formula is C14H23N. The molecule has 0 fully saturated rings. The fourth-order valence-corrected chi connectivity index (χ4v) is 2.05. The Morgan fingerprint density at radius 2 is 1.87 bits per heavy atom. The van der Waals surface area contributed by atoms with Crippen LogP contribution in [0, 0.1) is 6.92 Å². The highest BCUT2D eigenvalue weighted by Gasteiger charge is 2.14. The lowest BCUT2D eigenvalue weighted by atomic mass is 9.96. The van der Waals surface area contributed by atoms with E-state index in [0.29, 0.717) is 6.04 Å². The molecule has 1 unspecified atom stereocenters. The zero-order chi connectivity index (χ0) is 11.3. The Kier molecular flexibility index (Phi) is 4.83. The summed E-state index contributed by atoms with van der Waals surface area (Å²) in [5.41, 5.74) is 2.89. The van der Waals surface area contributed by atoms with Gasteiger partial charge in [-0.15, -0.1) is 0 Å². The SMILES string of the molecule is CCCCC(c1ccccc1C)N(C)C. The molecule has 0 aliphatic rings. The summed E-state index contributed by atoms with van der Waals surface area (Å²) in [6.45, 7) is 4.46. The van der Waals surface area contributed by atoms with Gasteiger partial charge in [0.05, 0.1) is 0 Å². The average Bonchev–Trinajstić information content (AvgIpc) is 2.20. The number of hydrogen-bond acceptors (Lipinski definition) is 1. The standard InChI is InChI=1S/C14H23N/c1-5-6-11-14(15(3)4)13-10-8-7-9-12(13)2/h7-10,14H,5-6,11H2,1-4H3. The number of benzene rings is 1. The predicted molar refractivity (Wildman–Crippen MR) is 67.1 cm³/mol. The molecule has 84 valence electrons. The third-order valence-electron chi connectivity index (χ3n) is 3.00. The Bertz CT molecular complexity index is 291. The molecule has 0 aromatic heterocycles. The van der Waals surface area contributed by atoms with Gasteiger partial charge in [-0.05, 0) is 38.6 Å². The molecule has 0 saturated heterocycles. The maximum absolute atomic E-state index is 2.33. The first-order valence-corrected chi connectivity index (χ1v) is 5.88. The average molecular weight is 205 g/mol. The molecule has 0 amide bonds. The van der Waals surface area contributed by atoms with Crippen molar-refractivity contribution in [2.75, 3.05) is 14.1 Å². The van der Waals surface area contributed by atoms with Crippen LogP contribution in [0.4, 0.5) is 0 Å². The summed E-state index contributed by atoms with van der Waals surface area (Å²) in [5, 5.41) is 0. The molecule has 1 atom stereocenters. The van der Waals surface area contributed by atoms with Gasteiger partial charge in [0.2, 0.25) is 0 Å². The van der Waals surface area contributed by atoms with Gasteiger partial charge in [-0.3, -0.25) is 0 Å². The topological polar surface area (TPSA) is 3.24 Å². The second kappa shape index (κ2) is 5.92. The number of hydrogen-bond donors (Lipinski definition) is 0. The van der Waals surface area contributed by atoms with Crippen LogP contribution >= 0.6 is 0 Å². The third-order valence-corrected chi connectivity index (χ3v) is 3.00. The highest BCUT2D eigenvalue weighted by molar-refractivity contribution is 5.28. The molecule has 0 radical (unpaired) electrons. The van der Waals surface area contributed by atoms with Crippen molar-refractivity contribution in [3.05, 3.63) is 35.4 Å². The van der Waals surface area contributed by atoms with Gasteiger partial charge in [0, 0.05) is 6.04 Å². The van der Waals surface area contributed by atoms with Gasteiger partial charge in [-0.2, -0.15) is 0 Å². The molecule has 0 aliphatic carbocycles. The first-order chi connectivity index (χ1) is 7.16. The fraction of sp³-hybridized carbons (Fsp3) is 0.571. The number of unbranched alkanes of at least 4 members (excludes halogenated alkanes) is 1. The Labute approximate surface area is 94.1 Å². The lowest BCUT2D eigenvalue weighted by Crippen LogP contribution is -2.20. The summed E-state index contributed by atoms with van der Waals surface area (Å²) >= 11 is 0. The molecule has 0 saturated carbocycles. The van der Waals surface area contributed by atoms with Crippen LogP contribution in [0.15, 0.2) is 24.3 Å². The molecule has 0 N–H and O–H groups in total. The van der Waals surface area contributed by atoms with Crippen molar-refractivity contribution in [2.24, 2.45) is 0 Å². The van der Waals surface area contributed by atoms with E-state index in [4.69, 9.17) is 0 Å². The van der Waals surface area contributed by atoms with Crippen molar-refractivity contribution in [2.45, 2.75) is 39.2 Å². The summed E-state index contributed by atoms with van der Waals surface area (Å²) in [7, 11) is 4.35. The van der Waals surface area contributed by atoms with E-state index in [9.17, 15) is 0 Å². The number of aryl methyl sites for hydroxylation is 1. The van der Waals surface area contributed by atoms with Crippen molar-refractivity contribution >= 4 is 0 Å². The molecule has 0 aliphatic heterocycles. The van der Waals surface area contributed by atoms with Crippen LogP contribution in [0.25, 0.3) is 0 Å². The van der Waals surface area contributed by atoms with E-state index in [0.717, 1.165) is 0 Å². The molecule has 0 spiro atoms. The van der Waals surface area contributed by atoms with Crippen LogP contribution in [0.2, 0.25) is 0 Å². The number of rotatable bonds is 5. The van der Waals surface area contributed by atoms with Crippen LogP contribution in [-0.2, 0) is 0 Å². The molecule has 1 nitrogen and oxygen atoms in total. The Morgan fingerprint density at radius 1 is 1.20 bits per heavy atom. The van der Waals surface area contributed by atoms with Crippen molar-refractivity contribution < 1.29 is 0 Å². The Hall–Kier alpha value is -0.820. The van der Waals surface area contributed by atoms with E-state index in [1.807, 2.05) is 0 Å². The second-order valence-electron chi connectivity index (χ2n) is 4.48. The van der Waals surface area contributed by atoms with Crippen molar-refractivity contribution in [1.29, 1.82) is 0 Å². The van der Waals surface area contributed by atoms with E-state index < -0.39 is 0 Å². The first kappa shape index (κ1) is 12.3. The zero-order valence-electron chi connectivity index (χ0n) is 10.5. The minimum atomic E-state index is 0.575. The lowest BCUT2D eigenvalue weighted by Gasteiger charge is -2.26. The monoisotopic (exact) mass is 205 g/mol. The van der Waals surface area contributed by atoms with Crippen molar-refractivity contribution in [1.82, 2.24) is 4.90 Å². The lowest BCUT2D eigenvalue weighted by molar-refractivity contribution is 0.277. The van der Waals surface area contributed by atoms with Gasteiger partial charge in [-0.1, -0.05) is 44.0 Å². The Balaban J connectivity index is 2.84. The summed E-state index contributed by atoms with van der Waals surface area (Å²) in [5.74, 6) is 0. The predicted octanol–water partition coefficient (Wildman–Crippen LogP) is 3.79. The molecule has 1 heteroatoms. The zero-order valence-corrected chi connectivity index (χ0v) is 10.5. The van der Waals surface area contributed by atoms with Gasteiger partial charge < -0.3 is 4.90 Å². The summed E-state index contributed by atoms with van der Waals surface area (Å²) in [6.07, 6.45) is 3.84. The smallest absolute Gasteiger partial charge is 0.0344 e. The van der Waals surface area contributed by atoms with Gasteiger partial charge >= 0.3 is 0 Å². The molecule has 0 heterocycles. The van der Waals surface area contributed by atoms with Crippen LogP contribution in [0.1, 0.15) is 43.4 Å². The van der Waals surface area contributed by atoms with Gasteiger partial charge in [0.15, 0.2) is 0 Å². The van der Waals surface area contributed by atoms with Gasteiger partial charge in [0.1, 0.15) is 0 Å². The second-order valence-corrected chi connectivity index (χ2v) is 4.48. The van der Waals surface area contributed by atoms with Gasteiger partial charge in [-0.25, -0.2) is 0 Å². The first-order valence-electron chi connectivity index (χ1n) is 5.88. The van der Waals surface area contributed by atoms with Crippen LogP contribution in [-0.4, -0.2) is 19.0 Å². The molecular weight excluding hydrogens is 182 g/mol. The van der Waals surface area contributed by atoms with Crippen LogP contribution < -0.4 is 0 Å². The highest BCUT2D eigenvalue weighted by Crippen LogP contribution is 2.26. The number of nitrogens with zero attached hydrogens (tertiary/aromatic N) is 1. The minimum absolute atomic E-state index is 0.575. The summed E-state index contributed by atoms with van der Waals surface area (Å²) in [6, 6.07) is 9.30. The summed E-state index contributed by atoms with van der Waals surface area (Å²) in [4.78, 5) is 2.33. The van der Waals surface area contributed by atoms with Crippen LogP contribution in [0.3, 0.4) is 0 Å². The quantitative estimate of drug-likeness (QED) is 0.707. The molecule has 15 heavy (non-hydrogen) atoms. The van der Waals surface area contributed by atoms with E-state index in [1.165, 1.54) is 30.4 Å². The maximum Gasteiger partial charge on any atom is 0.0344 e. The largest absolute Gasteiger partial charge is 0.302 e. The fourth-order valence-electron chi connectivity index (χ4n) is 2.05. The van der Waals surface area contributed by atoms with Crippen LogP contribution in [0.5, 0.6) is 0 Å². The van der Waals surface area contributed by atoms with Crippen molar-refractivity contribution in [3.8, 4) is 0 Å². The Morgan fingerprint density at radius 3 is 2.40 bits per heavy atom. The molecule has 1 aromatic carbocycles. The van der Waals surface area contributed by atoms with Crippen molar-refractivity contribution in [3.63, 3.8) is 0 Å². The van der Waals surface area contributed by atoms with E-state index in [2.05, 4.69) is 57.1 Å². The third kappa shape index (κ3) is 3.35. The van der Waals surface area contributed by atoms with E-state index in [-0.39, 0.29) is 0 Å². The minimum Gasteiger partial charge on any atom is -0.302 e. The van der Waals surface area contributed by atoms with E-state index in [1.54, 1.807) is 0 Å². The molecule has 1 aromatic rings. The molecule has 0 bridgehead atoms. The normalized spacial score (nSPS) is 13.1. The maximum atomic E-state index is 2.33. The molecule has 1 rings (SSSR count). The van der Waals surface area contributed by atoms with Gasteiger partial charge in [0.25, 0.3) is 0 Å². The summed E-state index contributed by atoms with van der Waals surface area (Å²) < 4.78 is 0.